The lowest BCUT2D eigenvalue weighted by Crippen LogP contribution is -2.13. The summed E-state index contributed by atoms with van der Waals surface area (Å²) in [6, 6.07) is 9.66. The molecule has 1 N–H and O–H groups in total. The second kappa shape index (κ2) is 7.23. The SMILES string of the molecule is O=C(CCCOc1cccnc1)Nc1ccccc1F. The maximum absolute atomic E-state index is 13.3. The predicted octanol–water partition coefficient (Wildman–Crippen LogP) is 3.02. The first-order valence-electron chi connectivity index (χ1n) is 6.33. The number of halogens is 1. The summed E-state index contributed by atoms with van der Waals surface area (Å²) in [5, 5.41) is 2.53. The first kappa shape index (κ1) is 14.0. The number of hydrogen-bond donors (Lipinski definition) is 1. The average Bonchev–Trinajstić information content (AvgIpc) is 2.47. The Bertz CT molecular complexity index is 561. The molecule has 1 amide bonds. The molecule has 1 aromatic carbocycles. The van der Waals surface area contributed by atoms with Gasteiger partial charge in [-0.05, 0) is 30.7 Å². The molecule has 5 heteroatoms. The lowest BCUT2D eigenvalue weighted by molar-refractivity contribution is -0.116. The molecule has 20 heavy (non-hydrogen) atoms. The summed E-state index contributed by atoms with van der Waals surface area (Å²) in [5.74, 6) is -0.000594. The second-order valence-corrected chi connectivity index (χ2v) is 4.17. The summed E-state index contributed by atoms with van der Waals surface area (Å²) in [5.41, 5.74) is 0.200. The molecule has 2 rings (SSSR count). The molecule has 0 saturated carbocycles. The van der Waals surface area contributed by atoms with Crippen LogP contribution in [-0.4, -0.2) is 17.5 Å². The number of rotatable bonds is 6. The summed E-state index contributed by atoms with van der Waals surface area (Å²) in [6.07, 6.45) is 4.10. The number of ether oxygens (including phenoxy) is 1. The van der Waals surface area contributed by atoms with Crippen LogP contribution in [0.1, 0.15) is 12.8 Å². The molecule has 1 heterocycles. The summed E-state index contributed by atoms with van der Waals surface area (Å²) in [6.45, 7) is 0.413. The lowest BCUT2D eigenvalue weighted by Gasteiger charge is -2.07. The van der Waals surface area contributed by atoms with Crippen molar-refractivity contribution < 1.29 is 13.9 Å². The van der Waals surface area contributed by atoms with Crippen LogP contribution in [0.15, 0.2) is 48.8 Å². The highest BCUT2D eigenvalue weighted by Crippen LogP contribution is 2.13. The third-order valence-electron chi connectivity index (χ3n) is 2.60. The number of carbonyl (C=O) groups is 1. The minimum Gasteiger partial charge on any atom is -0.492 e. The van der Waals surface area contributed by atoms with Crippen LogP contribution in [0.5, 0.6) is 5.75 Å². The van der Waals surface area contributed by atoms with Gasteiger partial charge in [-0.15, -0.1) is 0 Å². The average molecular weight is 274 g/mol. The van der Waals surface area contributed by atoms with Gasteiger partial charge >= 0.3 is 0 Å². The molecule has 0 unspecified atom stereocenters. The van der Waals surface area contributed by atoms with E-state index >= 15 is 0 Å². The molecule has 0 atom stereocenters. The van der Waals surface area contributed by atoms with E-state index in [1.54, 1.807) is 36.7 Å². The molecular weight excluding hydrogens is 259 g/mol. The largest absolute Gasteiger partial charge is 0.492 e. The minimum atomic E-state index is -0.438. The van der Waals surface area contributed by atoms with Crippen molar-refractivity contribution >= 4 is 11.6 Å². The van der Waals surface area contributed by atoms with E-state index in [0.717, 1.165) is 0 Å². The predicted molar refractivity (Wildman–Crippen MR) is 74.0 cm³/mol. The monoisotopic (exact) mass is 274 g/mol. The maximum Gasteiger partial charge on any atom is 0.224 e. The topological polar surface area (TPSA) is 51.2 Å². The fourth-order valence-corrected chi connectivity index (χ4v) is 1.63. The van der Waals surface area contributed by atoms with Crippen molar-refractivity contribution in [1.29, 1.82) is 0 Å². The lowest BCUT2D eigenvalue weighted by atomic mass is 10.2. The Morgan fingerprint density at radius 1 is 1.25 bits per heavy atom. The molecule has 0 saturated heterocycles. The van der Waals surface area contributed by atoms with E-state index in [-0.39, 0.29) is 18.0 Å². The van der Waals surface area contributed by atoms with Gasteiger partial charge in [0.25, 0.3) is 0 Å². The van der Waals surface area contributed by atoms with Crippen LogP contribution in [0, 0.1) is 5.82 Å². The van der Waals surface area contributed by atoms with Gasteiger partial charge in [-0.2, -0.15) is 0 Å². The molecule has 0 aliphatic carbocycles. The third-order valence-corrected chi connectivity index (χ3v) is 2.60. The molecule has 0 fully saturated rings. The Labute approximate surface area is 116 Å². The second-order valence-electron chi connectivity index (χ2n) is 4.17. The Morgan fingerprint density at radius 3 is 2.85 bits per heavy atom. The number of aromatic nitrogens is 1. The molecule has 0 radical (unpaired) electrons. The number of anilines is 1. The number of benzene rings is 1. The van der Waals surface area contributed by atoms with Crippen LogP contribution in [0.4, 0.5) is 10.1 Å². The Balaban J connectivity index is 1.69. The number of nitrogens with one attached hydrogen (secondary N) is 1. The van der Waals surface area contributed by atoms with Crippen molar-refractivity contribution in [3.63, 3.8) is 0 Å². The third kappa shape index (κ3) is 4.35. The van der Waals surface area contributed by atoms with E-state index in [2.05, 4.69) is 10.3 Å². The first-order valence-corrected chi connectivity index (χ1v) is 6.33. The molecule has 0 aliphatic heterocycles. The fourth-order valence-electron chi connectivity index (χ4n) is 1.63. The van der Waals surface area contributed by atoms with E-state index in [9.17, 15) is 9.18 Å². The van der Waals surface area contributed by atoms with Crippen LogP contribution in [0.2, 0.25) is 0 Å². The van der Waals surface area contributed by atoms with Crippen LogP contribution >= 0.6 is 0 Å². The normalized spacial score (nSPS) is 10.1. The Hall–Kier alpha value is -2.43. The van der Waals surface area contributed by atoms with Gasteiger partial charge in [-0.3, -0.25) is 9.78 Å². The summed E-state index contributed by atoms with van der Waals surface area (Å²) in [4.78, 5) is 15.5. The highest BCUT2D eigenvalue weighted by Gasteiger charge is 2.06. The van der Waals surface area contributed by atoms with Crippen molar-refractivity contribution in [3.05, 3.63) is 54.6 Å². The van der Waals surface area contributed by atoms with E-state index in [1.807, 2.05) is 0 Å². The number of nitrogens with zero attached hydrogens (tertiary/aromatic N) is 1. The van der Waals surface area contributed by atoms with Crippen molar-refractivity contribution in [2.45, 2.75) is 12.8 Å². The quantitative estimate of drug-likeness (QED) is 0.824. The summed E-state index contributed by atoms with van der Waals surface area (Å²) >= 11 is 0. The van der Waals surface area contributed by atoms with Crippen LogP contribution in [0.3, 0.4) is 0 Å². The Kier molecular flexibility index (Phi) is 5.06. The molecule has 1 aromatic heterocycles. The van der Waals surface area contributed by atoms with Gasteiger partial charge in [0.15, 0.2) is 0 Å². The highest BCUT2D eigenvalue weighted by atomic mass is 19.1. The molecular formula is C15H15FN2O2. The molecule has 0 bridgehead atoms. The summed E-state index contributed by atoms with van der Waals surface area (Å²) in [7, 11) is 0. The molecule has 2 aromatic rings. The maximum atomic E-state index is 13.3. The first-order chi connectivity index (χ1) is 9.75. The van der Waals surface area contributed by atoms with Crippen molar-refractivity contribution in [2.75, 3.05) is 11.9 Å². The smallest absolute Gasteiger partial charge is 0.224 e. The van der Waals surface area contributed by atoms with Crippen molar-refractivity contribution in [3.8, 4) is 5.75 Å². The molecule has 0 aliphatic rings. The zero-order valence-corrected chi connectivity index (χ0v) is 10.9. The number of carbonyl (C=O) groups excluding carboxylic acids is 1. The highest BCUT2D eigenvalue weighted by molar-refractivity contribution is 5.90. The van der Waals surface area contributed by atoms with Gasteiger partial charge in [0.2, 0.25) is 5.91 Å². The number of amides is 1. The fraction of sp³-hybridized carbons (Fsp3) is 0.200. The van der Waals surface area contributed by atoms with E-state index in [0.29, 0.717) is 18.8 Å². The van der Waals surface area contributed by atoms with Gasteiger partial charge in [0, 0.05) is 12.6 Å². The zero-order chi connectivity index (χ0) is 14.2. The van der Waals surface area contributed by atoms with Gasteiger partial charge in [-0.25, -0.2) is 4.39 Å². The Morgan fingerprint density at radius 2 is 2.10 bits per heavy atom. The van der Waals surface area contributed by atoms with Gasteiger partial charge < -0.3 is 10.1 Å². The standard InChI is InChI=1S/C15H15FN2O2/c16-13-6-1-2-7-14(13)18-15(19)8-4-10-20-12-5-3-9-17-11-12/h1-3,5-7,9,11H,4,8,10H2,(H,18,19). The van der Waals surface area contributed by atoms with Crippen LogP contribution in [-0.2, 0) is 4.79 Å². The van der Waals surface area contributed by atoms with Crippen molar-refractivity contribution in [1.82, 2.24) is 4.98 Å². The van der Waals surface area contributed by atoms with Crippen LogP contribution < -0.4 is 10.1 Å². The molecule has 0 spiro atoms. The molecule has 4 nitrogen and oxygen atoms in total. The number of hydrogen-bond acceptors (Lipinski definition) is 3. The van der Waals surface area contributed by atoms with Gasteiger partial charge in [0.05, 0.1) is 18.5 Å². The zero-order valence-electron chi connectivity index (χ0n) is 10.9. The van der Waals surface area contributed by atoms with Crippen molar-refractivity contribution in [2.24, 2.45) is 0 Å². The van der Waals surface area contributed by atoms with E-state index in [1.165, 1.54) is 12.1 Å². The number of para-hydroxylation sites is 1. The van der Waals surface area contributed by atoms with Crippen LogP contribution in [0.25, 0.3) is 0 Å². The van der Waals surface area contributed by atoms with E-state index < -0.39 is 5.82 Å². The minimum absolute atomic E-state index is 0.200. The summed E-state index contributed by atoms with van der Waals surface area (Å²) < 4.78 is 18.7. The molecule has 104 valence electrons. The number of pyridine rings is 1. The van der Waals surface area contributed by atoms with Gasteiger partial charge in [-0.1, -0.05) is 12.1 Å². The van der Waals surface area contributed by atoms with E-state index in [4.69, 9.17) is 4.74 Å². The van der Waals surface area contributed by atoms with Gasteiger partial charge in [0.1, 0.15) is 11.6 Å².